The monoisotopic (exact) mass is 392 g/mol. The van der Waals surface area contributed by atoms with E-state index in [4.69, 9.17) is 9.15 Å². The van der Waals surface area contributed by atoms with Crippen LogP contribution in [0.15, 0.2) is 40.1 Å². The molecular weight excluding hydrogens is 371 g/mol. The lowest BCUT2D eigenvalue weighted by atomic mass is 9.98. The van der Waals surface area contributed by atoms with Gasteiger partial charge in [0.15, 0.2) is 5.76 Å². The van der Waals surface area contributed by atoms with Gasteiger partial charge in [0.05, 0.1) is 24.5 Å². The summed E-state index contributed by atoms with van der Waals surface area (Å²) in [4.78, 5) is 30.2. The summed E-state index contributed by atoms with van der Waals surface area (Å²) in [6.07, 6.45) is 3.09. The Morgan fingerprint density at radius 2 is 2.15 bits per heavy atom. The number of benzene rings is 1. The topological polar surface area (TPSA) is 72.6 Å². The molecule has 1 aromatic heterocycles. The molecular formula is C19H21FN2O4S. The lowest BCUT2D eigenvalue weighted by Gasteiger charge is -2.31. The van der Waals surface area contributed by atoms with E-state index in [2.05, 4.69) is 4.98 Å². The number of carbonyl (C=O) groups excluding carboxylic acids is 2. The van der Waals surface area contributed by atoms with Crippen LogP contribution in [0.1, 0.15) is 19.8 Å². The molecule has 6 nitrogen and oxygen atoms in total. The van der Waals surface area contributed by atoms with Crippen LogP contribution in [-0.4, -0.2) is 47.2 Å². The van der Waals surface area contributed by atoms with Crippen molar-refractivity contribution >= 4 is 23.6 Å². The third-order valence-electron chi connectivity index (χ3n) is 4.33. The SMILES string of the molecule is CCOC(=O)C1CCCN(C(=O)CSc2ncc(-c3ccc(F)cc3)o2)C1. The molecule has 1 amide bonds. The Morgan fingerprint density at radius 1 is 1.37 bits per heavy atom. The van der Waals surface area contributed by atoms with Crippen molar-refractivity contribution < 1.29 is 23.1 Å². The zero-order valence-corrected chi connectivity index (χ0v) is 15.8. The molecule has 1 atom stereocenters. The summed E-state index contributed by atoms with van der Waals surface area (Å²) in [7, 11) is 0. The number of amides is 1. The van der Waals surface area contributed by atoms with Crippen LogP contribution in [0.2, 0.25) is 0 Å². The number of ether oxygens (including phenoxy) is 1. The number of hydrogen-bond donors (Lipinski definition) is 0. The standard InChI is InChI=1S/C19H21FN2O4S/c1-2-25-18(24)14-4-3-9-22(11-14)17(23)12-27-19-21-10-16(26-19)13-5-7-15(20)8-6-13/h5-8,10,14H,2-4,9,11-12H2,1H3. The summed E-state index contributed by atoms with van der Waals surface area (Å²) in [6, 6.07) is 5.92. The number of oxazole rings is 1. The van der Waals surface area contributed by atoms with Crippen LogP contribution in [0.4, 0.5) is 4.39 Å². The Hall–Kier alpha value is -2.35. The minimum Gasteiger partial charge on any atom is -0.466 e. The van der Waals surface area contributed by atoms with Gasteiger partial charge in [0.2, 0.25) is 5.91 Å². The first kappa shape index (κ1) is 19.4. The lowest BCUT2D eigenvalue weighted by molar-refractivity contribution is -0.151. The van der Waals surface area contributed by atoms with Gasteiger partial charge in [0, 0.05) is 18.7 Å². The van der Waals surface area contributed by atoms with Gasteiger partial charge in [-0.3, -0.25) is 9.59 Å². The molecule has 1 aliphatic heterocycles. The van der Waals surface area contributed by atoms with Crippen LogP contribution in [-0.2, 0) is 14.3 Å². The molecule has 0 bridgehead atoms. The van der Waals surface area contributed by atoms with Crippen molar-refractivity contribution in [2.24, 2.45) is 5.92 Å². The van der Waals surface area contributed by atoms with E-state index in [-0.39, 0.29) is 29.4 Å². The van der Waals surface area contributed by atoms with Crippen molar-refractivity contribution in [3.63, 3.8) is 0 Å². The third kappa shape index (κ3) is 5.09. The van der Waals surface area contributed by atoms with E-state index in [1.807, 2.05) is 0 Å². The molecule has 2 heterocycles. The quantitative estimate of drug-likeness (QED) is 0.554. The van der Waals surface area contributed by atoms with Gasteiger partial charge < -0.3 is 14.1 Å². The Labute approximate surface area is 161 Å². The third-order valence-corrected chi connectivity index (χ3v) is 5.15. The predicted octanol–water partition coefficient (Wildman–Crippen LogP) is 3.37. The van der Waals surface area contributed by atoms with E-state index in [1.165, 1.54) is 23.9 Å². The minimum absolute atomic E-state index is 0.0597. The van der Waals surface area contributed by atoms with Gasteiger partial charge in [-0.2, -0.15) is 0 Å². The second kappa shape index (κ2) is 9.03. The Bertz CT molecular complexity index is 793. The van der Waals surface area contributed by atoms with Crippen LogP contribution >= 0.6 is 11.8 Å². The summed E-state index contributed by atoms with van der Waals surface area (Å²) in [5.74, 6) is -0.167. The van der Waals surface area contributed by atoms with Crippen LogP contribution in [0.25, 0.3) is 11.3 Å². The molecule has 0 N–H and O–H groups in total. The van der Waals surface area contributed by atoms with E-state index in [9.17, 15) is 14.0 Å². The van der Waals surface area contributed by atoms with Gasteiger partial charge in [0.25, 0.3) is 5.22 Å². The first-order valence-corrected chi connectivity index (χ1v) is 9.84. The van der Waals surface area contributed by atoms with E-state index in [0.29, 0.717) is 30.7 Å². The maximum Gasteiger partial charge on any atom is 0.310 e. The number of likely N-dealkylation sites (tertiary alicyclic amines) is 1. The Balaban J connectivity index is 1.53. The van der Waals surface area contributed by atoms with E-state index >= 15 is 0 Å². The van der Waals surface area contributed by atoms with Crippen molar-refractivity contribution in [1.29, 1.82) is 0 Å². The smallest absolute Gasteiger partial charge is 0.310 e. The summed E-state index contributed by atoms with van der Waals surface area (Å²) in [5.41, 5.74) is 0.718. The van der Waals surface area contributed by atoms with Gasteiger partial charge in [-0.15, -0.1) is 0 Å². The summed E-state index contributed by atoms with van der Waals surface area (Å²) >= 11 is 1.20. The Morgan fingerprint density at radius 3 is 2.89 bits per heavy atom. The molecule has 3 rings (SSSR count). The largest absolute Gasteiger partial charge is 0.466 e. The highest BCUT2D eigenvalue weighted by molar-refractivity contribution is 7.99. The molecule has 2 aromatic rings. The highest BCUT2D eigenvalue weighted by Gasteiger charge is 2.29. The molecule has 0 spiro atoms. The molecule has 0 saturated carbocycles. The van der Waals surface area contributed by atoms with Gasteiger partial charge >= 0.3 is 5.97 Å². The van der Waals surface area contributed by atoms with E-state index in [1.54, 1.807) is 30.2 Å². The summed E-state index contributed by atoms with van der Waals surface area (Å²) in [5, 5.41) is 0.377. The molecule has 1 fully saturated rings. The van der Waals surface area contributed by atoms with Gasteiger partial charge in [-0.05, 0) is 44.0 Å². The molecule has 0 radical (unpaired) electrons. The van der Waals surface area contributed by atoms with Crippen molar-refractivity contribution in [3.05, 3.63) is 36.3 Å². The Kier molecular flexibility index (Phi) is 6.49. The molecule has 1 unspecified atom stereocenters. The molecule has 1 aliphatic rings. The minimum atomic E-state index is -0.318. The first-order chi connectivity index (χ1) is 13.1. The molecule has 0 aliphatic carbocycles. The number of hydrogen-bond acceptors (Lipinski definition) is 6. The van der Waals surface area contributed by atoms with E-state index < -0.39 is 0 Å². The van der Waals surface area contributed by atoms with Crippen molar-refractivity contribution in [1.82, 2.24) is 9.88 Å². The number of esters is 1. The second-order valence-electron chi connectivity index (χ2n) is 6.22. The van der Waals surface area contributed by atoms with Crippen LogP contribution < -0.4 is 0 Å². The summed E-state index contributed by atoms with van der Waals surface area (Å²) < 4.78 is 23.7. The number of thioether (sulfide) groups is 1. The van der Waals surface area contributed by atoms with Crippen LogP contribution in [0, 0.1) is 11.7 Å². The molecule has 1 aromatic carbocycles. The maximum atomic E-state index is 13.0. The number of piperidine rings is 1. The molecule has 27 heavy (non-hydrogen) atoms. The zero-order chi connectivity index (χ0) is 19.2. The summed E-state index contributed by atoms with van der Waals surface area (Å²) in [6.45, 7) is 3.16. The number of nitrogens with zero attached hydrogens (tertiary/aromatic N) is 2. The molecule has 144 valence electrons. The predicted molar refractivity (Wildman–Crippen MR) is 98.6 cm³/mol. The average molecular weight is 392 g/mol. The number of rotatable bonds is 6. The first-order valence-electron chi connectivity index (χ1n) is 8.85. The average Bonchev–Trinajstić information content (AvgIpc) is 3.16. The fraction of sp³-hybridized carbons (Fsp3) is 0.421. The van der Waals surface area contributed by atoms with Crippen molar-refractivity contribution in [2.75, 3.05) is 25.4 Å². The normalized spacial score (nSPS) is 17.0. The van der Waals surface area contributed by atoms with Gasteiger partial charge in [-0.1, -0.05) is 11.8 Å². The van der Waals surface area contributed by atoms with Crippen molar-refractivity contribution in [2.45, 2.75) is 25.0 Å². The molecule has 8 heteroatoms. The fourth-order valence-electron chi connectivity index (χ4n) is 2.94. The maximum absolute atomic E-state index is 13.0. The molecule has 1 saturated heterocycles. The van der Waals surface area contributed by atoms with E-state index in [0.717, 1.165) is 18.4 Å². The highest BCUT2D eigenvalue weighted by Crippen LogP contribution is 2.26. The number of aromatic nitrogens is 1. The van der Waals surface area contributed by atoms with Crippen LogP contribution in [0.3, 0.4) is 0 Å². The number of carbonyl (C=O) groups is 2. The lowest BCUT2D eigenvalue weighted by Crippen LogP contribution is -2.43. The highest BCUT2D eigenvalue weighted by atomic mass is 32.2. The van der Waals surface area contributed by atoms with Gasteiger partial charge in [0.1, 0.15) is 5.82 Å². The number of halogens is 1. The van der Waals surface area contributed by atoms with Crippen LogP contribution in [0.5, 0.6) is 0 Å². The van der Waals surface area contributed by atoms with Crippen molar-refractivity contribution in [3.8, 4) is 11.3 Å². The second-order valence-corrected chi connectivity index (χ2v) is 7.14. The van der Waals surface area contributed by atoms with Gasteiger partial charge in [-0.25, -0.2) is 9.37 Å². The fourth-order valence-corrected chi connectivity index (χ4v) is 3.65. The zero-order valence-electron chi connectivity index (χ0n) is 15.0.